The molecular formula is C30H42BNO5. The standard InChI is InChI=1S/C30H42BNO5/c1-7-35-28(33)27(18-23-13-15-25(16-14-23)31-19-22(4)30(5,6)37-31)32-26(17-21(2)3)29(34)36-20-24-11-9-8-10-12-24/h8-16,21-22,26-27,32H,7,17-20H2,1-6H3. The Labute approximate surface area is 222 Å². The molecule has 200 valence electrons. The van der Waals surface area contributed by atoms with Crippen LogP contribution in [0.15, 0.2) is 54.6 Å². The summed E-state index contributed by atoms with van der Waals surface area (Å²) in [5.41, 5.74) is 2.91. The third kappa shape index (κ3) is 8.44. The Morgan fingerprint density at radius 2 is 1.65 bits per heavy atom. The van der Waals surface area contributed by atoms with Gasteiger partial charge in [0.25, 0.3) is 0 Å². The molecule has 6 nitrogen and oxygen atoms in total. The molecule has 3 atom stereocenters. The maximum absolute atomic E-state index is 13.0. The van der Waals surface area contributed by atoms with Gasteiger partial charge in [0.05, 0.1) is 6.61 Å². The van der Waals surface area contributed by atoms with Crippen LogP contribution in [0.5, 0.6) is 0 Å². The van der Waals surface area contributed by atoms with Crippen molar-refractivity contribution in [3.63, 3.8) is 0 Å². The molecule has 37 heavy (non-hydrogen) atoms. The predicted molar refractivity (Wildman–Crippen MR) is 148 cm³/mol. The number of nitrogens with one attached hydrogen (secondary N) is 1. The average molecular weight is 507 g/mol. The molecule has 1 saturated heterocycles. The number of hydrogen-bond acceptors (Lipinski definition) is 6. The molecule has 1 fully saturated rings. The van der Waals surface area contributed by atoms with Crippen LogP contribution < -0.4 is 10.8 Å². The van der Waals surface area contributed by atoms with E-state index in [1.54, 1.807) is 6.92 Å². The Bertz CT molecular complexity index is 1010. The summed E-state index contributed by atoms with van der Waals surface area (Å²) >= 11 is 0. The molecule has 0 aliphatic carbocycles. The molecule has 0 spiro atoms. The number of rotatable bonds is 12. The largest absolute Gasteiger partial charge is 0.465 e. The summed E-state index contributed by atoms with van der Waals surface area (Å²) in [7, 11) is 0. The molecule has 1 aliphatic heterocycles. The van der Waals surface area contributed by atoms with E-state index in [4.69, 9.17) is 14.1 Å². The summed E-state index contributed by atoms with van der Waals surface area (Å²) in [6, 6.07) is 16.5. The van der Waals surface area contributed by atoms with Crippen LogP contribution in [0, 0.1) is 11.8 Å². The number of ether oxygens (including phenoxy) is 2. The van der Waals surface area contributed by atoms with Crippen LogP contribution in [0.2, 0.25) is 6.32 Å². The van der Waals surface area contributed by atoms with Crippen LogP contribution in [0.3, 0.4) is 0 Å². The molecule has 3 unspecified atom stereocenters. The SMILES string of the molecule is CCOC(=O)C(Cc1ccc(B2CC(C)C(C)(C)O2)cc1)NC(CC(C)C)C(=O)OCc1ccccc1. The molecule has 1 aliphatic rings. The van der Waals surface area contributed by atoms with Crippen LogP contribution in [-0.4, -0.2) is 43.1 Å². The van der Waals surface area contributed by atoms with Crippen LogP contribution in [0.4, 0.5) is 0 Å². The number of hydrogen-bond donors (Lipinski definition) is 1. The maximum Gasteiger partial charge on any atom is 0.327 e. The molecule has 1 heterocycles. The lowest BCUT2D eigenvalue weighted by atomic mass is 9.57. The highest BCUT2D eigenvalue weighted by molar-refractivity contribution is 6.68. The van der Waals surface area contributed by atoms with Gasteiger partial charge in [-0.3, -0.25) is 14.9 Å². The average Bonchev–Trinajstić information content (AvgIpc) is 3.14. The summed E-state index contributed by atoms with van der Waals surface area (Å²) in [6.45, 7) is 12.9. The van der Waals surface area contributed by atoms with Gasteiger partial charge in [0.15, 0.2) is 0 Å². The first-order chi connectivity index (χ1) is 17.6. The lowest BCUT2D eigenvalue weighted by Gasteiger charge is -2.25. The van der Waals surface area contributed by atoms with E-state index in [1.165, 1.54) is 0 Å². The minimum absolute atomic E-state index is 0.0767. The van der Waals surface area contributed by atoms with Crippen LogP contribution in [0.1, 0.15) is 59.1 Å². The van der Waals surface area contributed by atoms with Gasteiger partial charge in [0, 0.05) is 5.60 Å². The van der Waals surface area contributed by atoms with E-state index in [0.717, 1.165) is 22.9 Å². The highest BCUT2D eigenvalue weighted by atomic mass is 16.5. The zero-order chi connectivity index (χ0) is 27.0. The first kappa shape index (κ1) is 28.9. The van der Waals surface area contributed by atoms with Gasteiger partial charge in [0.1, 0.15) is 18.7 Å². The molecule has 0 radical (unpaired) electrons. The van der Waals surface area contributed by atoms with Crippen molar-refractivity contribution < 1.29 is 23.7 Å². The minimum Gasteiger partial charge on any atom is -0.465 e. The second kappa shape index (κ2) is 13.2. The fourth-order valence-electron chi connectivity index (χ4n) is 4.67. The lowest BCUT2D eigenvalue weighted by molar-refractivity contribution is -0.150. The molecule has 7 heteroatoms. The first-order valence-corrected chi connectivity index (χ1v) is 13.5. The van der Waals surface area contributed by atoms with E-state index in [1.807, 2.05) is 56.3 Å². The second-order valence-corrected chi connectivity index (χ2v) is 11.0. The maximum atomic E-state index is 13.0. The molecule has 1 N–H and O–H groups in total. The number of benzene rings is 2. The summed E-state index contributed by atoms with van der Waals surface area (Å²) in [5.74, 6) is -0.0146. The Morgan fingerprint density at radius 3 is 2.22 bits per heavy atom. The van der Waals surface area contributed by atoms with Crippen LogP contribution >= 0.6 is 0 Å². The van der Waals surface area contributed by atoms with Crippen molar-refractivity contribution >= 4 is 24.3 Å². The number of carbonyl (C=O) groups excluding carboxylic acids is 2. The Balaban J connectivity index is 1.70. The van der Waals surface area contributed by atoms with Crippen molar-refractivity contribution in [1.29, 1.82) is 0 Å². The van der Waals surface area contributed by atoms with Crippen LogP contribution in [-0.2, 0) is 36.7 Å². The third-order valence-electron chi connectivity index (χ3n) is 7.18. The Kier molecular flexibility index (Phi) is 10.4. The van der Waals surface area contributed by atoms with E-state index >= 15 is 0 Å². The fourth-order valence-corrected chi connectivity index (χ4v) is 4.67. The molecule has 2 aromatic carbocycles. The van der Waals surface area contributed by atoms with E-state index in [2.05, 4.69) is 38.2 Å². The van der Waals surface area contributed by atoms with Crippen molar-refractivity contribution in [3.8, 4) is 0 Å². The first-order valence-electron chi connectivity index (χ1n) is 13.5. The molecule has 0 bridgehead atoms. The lowest BCUT2D eigenvalue weighted by Crippen LogP contribution is -2.50. The smallest absolute Gasteiger partial charge is 0.327 e. The van der Waals surface area contributed by atoms with Crippen molar-refractivity contribution in [2.24, 2.45) is 11.8 Å². The Morgan fingerprint density at radius 1 is 1.00 bits per heavy atom. The molecular weight excluding hydrogens is 465 g/mol. The summed E-state index contributed by atoms with van der Waals surface area (Å²) in [6.07, 6.45) is 1.95. The van der Waals surface area contributed by atoms with Gasteiger partial charge < -0.3 is 14.1 Å². The predicted octanol–water partition coefficient (Wildman–Crippen LogP) is 4.55. The van der Waals surface area contributed by atoms with E-state index in [0.29, 0.717) is 18.8 Å². The molecule has 0 amide bonds. The number of carbonyl (C=O) groups is 2. The highest BCUT2D eigenvalue weighted by Crippen LogP contribution is 2.34. The van der Waals surface area contributed by atoms with Crippen molar-refractivity contribution in [2.75, 3.05) is 6.61 Å². The minimum atomic E-state index is -0.666. The fraction of sp³-hybridized carbons (Fsp3) is 0.533. The van der Waals surface area contributed by atoms with E-state index in [9.17, 15) is 9.59 Å². The molecule has 0 saturated carbocycles. The highest BCUT2D eigenvalue weighted by Gasteiger charge is 2.41. The summed E-state index contributed by atoms with van der Waals surface area (Å²) in [5, 5.41) is 3.27. The summed E-state index contributed by atoms with van der Waals surface area (Å²) in [4.78, 5) is 25.9. The third-order valence-corrected chi connectivity index (χ3v) is 7.18. The van der Waals surface area contributed by atoms with Crippen molar-refractivity contribution in [3.05, 3.63) is 65.7 Å². The van der Waals surface area contributed by atoms with Gasteiger partial charge in [-0.1, -0.05) is 75.4 Å². The zero-order valence-corrected chi connectivity index (χ0v) is 23.2. The van der Waals surface area contributed by atoms with E-state index < -0.39 is 12.1 Å². The summed E-state index contributed by atoms with van der Waals surface area (Å²) < 4.78 is 17.2. The Hall–Kier alpha value is -2.64. The molecule has 3 rings (SSSR count). The molecule has 0 aromatic heterocycles. The monoisotopic (exact) mass is 507 g/mol. The van der Waals surface area contributed by atoms with Gasteiger partial charge in [-0.05, 0) is 68.4 Å². The van der Waals surface area contributed by atoms with Gasteiger partial charge in [0.2, 0.25) is 0 Å². The molecule has 2 aromatic rings. The van der Waals surface area contributed by atoms with E-state index in [-0.39, 0.29) is 43.6 Å². The quantitative estimate of drug-likeness (QED) is 0.336. The van der Waals surface area contributed by atoms with Gasteiger partial charge in [-0.25, -0.2) is 0 Å². The normalized spacial score (nSPS) is 18.5. The van der Waals surface area contributed by atoms with Crippen molar-refractivity contribution in [1.82, 2.24) is 5.32 Å². The van der Waals surface area contributed by atoms with Crippen molar-refractivity contribution in [2.45, 2.75) is 85.0 Å². The topological polar surface area (TPSA) is 73.9 Å². The van der Waals surface area contributed by atoms with Crippen LogP contribution in [0.25, 0.3) is 0 Å². The van der Waals surface area contributed by atoms with Gasteiger partial charge in [-0.2, -0.15) is 0 Å². The van der Waals surface area contributed by atoms with Gasteiger partial charge in [-0.15, -0.1) is 0 Å². The van der Waals surface area contributed by atoms with Gasteiger partial charge >= 0.3 is 18.9 Å². The second-order valence-electron chi connectivity index (χ2n) is 11.0. The number of esters is 2. The zero-order valence-electron chi connectivity index (χ0n) is 23.2.